The van der Waals surface area contributed by atoms with Gasteiger partial charge in [0.2, 0.25) is 5.91 Å². The molecule has 2 aromatic heterocycles. The quantitative estimate of drug-likeness (QED) is 0.529. The third-order valence-electron chi connectivity index (χ3n) is 5.81. The molecule has 2 heterocycles. The van der Waals surface area contributed by atoms with Gasteiger partial charge in [-0.1, -0.05) is 12.5 Å². The van der Waals surface area contributed by atoms with E-state index in [0.29, 0.717) is 16.8 Å². The van der Waals surface area contributed by atoms with Crippen LogP contribution in [0.3, 0.4) is 0 Å². The van der Waals surface area contributed by atoms with Crippen molar-refractivity contribution in [1.82, 2.24) is 14.9 Å². The Morgan fingerprint density at radius 1 is 1.27 bits per heavy atom. The molecule has 0 bridgehead atoms. The van der Waals surface area contributed by atoms with Crippen molar-refractivity contribution >= 4 is 17.7 Å². The van der Waals surface area contributed by atoms with Gasteiger partial charge in [0.25, 0.3) is 0 Å². The zero-order chi connectivity index (χ0) is 21.8. The predicted molar refractivity (Wildman–Crippen MR) is 112 cm³/mol. The van der Waals surface area contributed by atoms with E-state index in [0.717, 1.165) is 25.0 Å². The van der Waals surface area contributed by atoms with E-state index < -0.39 is 12.0 Å². The fraction of sp³-hybridized carbons (Fsp3) is 0.478. The van der Waals surface area contributed by atoms with Crippen LogP contribution >= 0.6 is 0 Å². The number of ether oxygens (including phenoxy) is 1. The first-order valence-corrected chi connectivity index (χ1v) is 10.5. The van der Waals surface area contributed by atoms with E-state index in [1.54, 1.807) is 38.8 Å². The SMILES string of the molecule is CCOC(=O)c1[nH]c(C)c(C(=O)C(C)N(Cc2ccccn2)C(=O)C2CCC2)c1C. The number of amides is 1. The Balaban J connectivity index is 1.90. The number of Topliss-reactive ketones (excluding diaryl/α,β-unsaturated/α-hetero) is 1. The highest BCUT2D eigenvalue weighted by atomic mass is 16.5. The van der Waals surface area contributed by atoms with Gasteiger partial charge in [0.1, 0.15) is 5.69 Å². The van der Waals surface area contributed by atoms with Crippen LogP contribution in [-0.4, -0.2) is 45.2 Å². The van der Waals surface area contributed by atoms with E-state index in [1.807, 2.05) is 18.2 Å². The molecule has 3 rings (SSSR count). The molecule has 1 aliphatic carbocycles. The zero-order valence-corrected chi connectivity index (χ0v) is 18.0. The Morgan fingerprint density at radius 2 is 2.00 bits per heavy atom. The minimum atomic E-state index is -0.677. The van der Waals surface area contributed by atoms with Gasteiger partial charge in [-0.25, -0.2) is 4.79 Å². The fourth-order valence-corrected chi connectivity index (χ4v) is 3.84. The number of rotatable bonds is 8. The summed E-state index contributed by atoms with van der Waals surface area (Å²) in [5, 5.41) is 0. The fourth-order valence-electron chi connectivity index (χ4n) is 3.84. The molecule has 7 nitrogen and oxygen atoms in total. The first-order chi connectivity index (χ1) is 14.3. The number of nitrogens with zero attached hydrogens (tertiary/aromatic N) is 2. The van der Waals surface area contributed by atoms with E-state index in [4.69, 9.17) is 4.74 Å². The lowest BCUT2D eigenvalue weighted by Crippen LogP contribution is -2.47. The maximum Gasteiger partial charge on any atom is 0.355 e. The van der Waals surface area contributed by atoms with Crippen molar-refractivity contribution < 1.29 is 19.1 Å². The van der Waals surface area contributed by atoms with Gasteiger partial charge < -0.3 is 14.6 Å². The highest BCUT2D eigenvalue weighted by molar-refractivity contribution is 6.06. The summed E-state index contributed by atoms with van der Waals surface area (Å²) in [5.41, 5.74) is 2.61. The number of aryl methyl sites for hydroxylation is 1. The second-order valence-corrected chi connectivity index (χ2v) is 7.80. The Bertz CT molecular complexity index is 931. The molecule has 1 aliphatic rings. The Kier molecular flexibility index (Phi) is 6.70. The number of pyridine rings is 1. The summed E-state index contributed by atoms with van der Waals surface area (Å²) >= 11 is 0. The lowest BCUT2D eigenvalue weighted by Gasteiger charge is -2.35. The number of carbonyl (C=O) groups is 3. The molecule has 1 fully saturated rings. The molecule has 0 spiro atoms. The average Bonchev–Trinajstić information content (AvgIpc) is 2.99. The van der Waals surface area contributed by atoms with Crippen molar-refractivity contribution in [2.75, 3.05) is 6.61 Å². The summed E-state index contributed by atoms with van der Waals surface area (Å²) in [6.45, 7) is 7.50. The summed E-state index contributed by atoms with van der Waals surface area (Å²) < 4.78 is 5.08. The number of aromatic nitrogens is 2. The number of hydrogen-bond acceptors (Lipinski definition) is 5. The summed E-state index contributed by atoms with van der Waals surface area (Å²) in [4.78, 5) is 47.7. The van der Waals surface area contributed by atoms with Crippen molar-refractivity contribution in [2.45, 2.75) is 59.5 Å². The molecule has 2 aromatic rings. The van der Waals surface area contributed by atoms with Crippen LogP contribution in [0.1, 0.15) is 70.9 Å². The number of carbonyl (C=O) groups excluding carboxylic acids is 3. The maximum absolute atomic E-state index is 13.5. The molecule has 1 saturated carbocycles. The molecule has 30 heavy (non-hydrogen) atoms. The van der Waals surface area contributed by atoms with Crippen molar-refractivity contribution in [3.8, 4) is 0 Å². The van der Waals surface area contributed by atoms with E-state index >= 15 is 0 Å². The van der Waals surface area contributed by atoms with Gasteiger partial charge in [0.05, 0.1) is 24.9 Å². The van der Waals surface area contributed by atoms with Crippen LogP contribution in [0, 0.1) is 19.8 Å². The highest BCUT2D eigenvalue weighted by Crippen LogP contribution is 2.30. The lowest BCUT2D eigenvalue weighted by molar-refractivity contribution is -0.140. The van der Waals surface area contributed by atoms with Crippen LogP contribution in [0.25, 0.3) is 0 Å². The Hall–Kier alpha value is -2.96. The maximum atomic E-state index is 13.5. The third kappa shape index (κ3) is 4.30. The number of hydrogen-bond donors (Lipinski definition) is 1. The van der Waals surface area contributed by atoms with Crippen molar-refractivity contribution in [3.63, 3.8) is 0 Å². The molecule has 1 amide bonds. The van der Waals surface area contributed by atoms with Crippen molar-refractivity contribution in [1.29, 1.82) is 0 Å². The van der Waals surface area contributed by atoms with Crippen molar-refractivity contribution in [3.05, 3.63) is 52.6 Å². The molecule has 7 heteroatoms. The molecule has 160 valence electrons. The van der Waals surface area contributed by atoms with Gasteiger partial charge in [-0.15, -0.1) is 0 Å². The number of aromatic amines is 1. The van der Waals surface area contributed by atoms with Crippen LogP contribution in [-0.2, 0) is 16.1 Å². The monoisotopic (exact) mass is 411 g/mol. The molecular weight excluding hydrogens is 382 g/mol. The van der Waals surface area contributed by atoms with Gasteiger partial charge in [0, 0.05) is 23.4 Å². The van der Waals surface area contributed by atoms with E-state index in [1.165, 1.54) is 0 Å². The highest BCUT2D eigenvalue weighted by Gasteiger charge is 2.36. The van der Waals surface area contributed by atoms with E-state index in [2.05, 4.69) is 9.97 Å². The third-order valence-corrected chi connectivity index (χ3v) is 5.81. The van der Waals surface area contributed by atoms with Gasteiger partial charge >= 0.3 is 5.97 Å². The summed E-state index contributed by atoms with van der Waals surface area (Å²) in [7, 11) is 0. The molecule has 1 unspecified atom stereocenters. The molecule has 1 N–H and O–H groups in total. The van der Waals surface area contributed by atoms with Crippen LogP contribution in [0.5, 0.6) is 0 Å². The molecule has 0 radical (unpaired) electrons. The van der Waals surface area contributed by atoms with Crippen LogP contribution in [0.4, 0.5) is 0 Å². The molecule has 1 atom stereocenters. The molecule has 0 saturated heterocycles. The normalized spacial score (nSPS) is 14.7. The first-order valence-electron chi connectivity index (χ1n) is 10.5. The topological polar surface area (TPSA) is 92.4 Å². The Morgan fingerprint density at radius 3 is 2.57 bits per heavy atom. The lowest BCUT2D eigenvalue weighted by atomic mass is 9.83. The number of esters is 1. The molecular formula is C23H29N3O4. The van der Waals surface area contributed by atoms with Crippen LogP contribution in [0.2, 0.25) is 0 Å². The second-order valence-electron chi connectivity index (χ2n) is 7.80. The predicted octanol–water partition coefficient (Wildman–Crippen LogP) is 3.60. The average molecular weight is 412 g/mol. The number of H-pyrrole nitrogens is 1. The summed E-state index contributed by atoms with van der Waals surface area (Å²) in [6.07, 6.45) is 4.43. The summed E-state index contributed by atoms with van der Waals surface area (Å²) in [6, 6.07) is 4.86. The Labute approximate surface area is 176 Å². The van der Waals surface area contributed by atoms with E-state index in [9.17, 15) is 14.4 Å². The van der Waals surface area contributed by atoms with Gasteiger partial charge in [0.15, 0.2) is 5.78 Å². The smallest absolute Gasteiger partial charge is 0.355 e. The number of nitrogens with one attached hydrogen (secondary N) is 1. The minimum Gasteiger partial charge on any atom is -0.461 e. The van der Waals surface area contributed by atoms with Gasteiger partial charge in [-0.2, -0.15) is 0 Å². The standard InChI is InChI=1S/C23H29N3O4/c1-5-30-23(29)20-14(2)19(15(3)25-20)21(27)16(4)26(22(28)17-9-8-10-17)13-18-11-6-7-12-24-18/h6-7,11-12,16-17,25H,5,8-10,13H2,1-4H3. The molecule has 0 aliphatic heterocycles. The van der Waals surface area contributed by atoms with Gasteiger partial charge in [-0.05, 0) is 58.2 Å². The number of ketones is 1. The molecule has 0 aromatic carbocycles. The zero-order valence-electron chi connectivity index (χ0n) is 18.0. The largest absolute Gasteiger partial charge is 0.461 e. The summed E-state index contributed by atoms with van der Waals surface area (Å²) in [5.74, 6) is -0.724. The van der Waals surface area contributed by atoms with Gasteiger partial charge in [-0.3, -0.25) is 14.6 Å². The van der Waals surface area contributed by atoms with Crippen LogP contribution < -0.4 is 0 Å². The van der Waals surface area contributed by atoms with Crippen molar-refractivity contribution in [2.24, 2.45) is 5.92 Å². The van der Waals surface area contributed by atoms with E-state index in [-0.39, 0.29) is 36.5 Å². The first kappa shape index (κ1) is 21.7. The van der Waals surface area contributed by atoms with Crippen LogP contribution in [0.15, 0.2) is 24.4 Å². The second kappa shape index (κ2) is 9.24. The minimum absolute atomic E-state index is 0.00999.